The molecular weight excluding hydrogens is 105 g/mol. The molecule has 0 atom stereocenters. The standard InChI is InChI=1S/CH4ClN3O/c2-4-1(6)5-3/h3H2,(H2,4,5,6). The Balaban J connectivity index is 2.99. The first kappa shape index (κ1) is 5.52. The van der Waals surface area contributed by atoms with Gasteiger partial charge < -0.3 is 0 Å². The molecule has 0 saturated carbocycles. The maximum Gasteiger partial charge on any atom is 0.343 e. The van der Waals surface area contributed by atoms with Gasteiger partial charge in [0.05, 0.1) is 0 Å². The van der Waals surface area contributed by atoms with Crippen molar-refractivity contribution >= 4 is 17.8 Å². The van der Waals surface area contributed by atoms with Crippen LogP contribution in [-0.4, -0.2) is 6.03 Å². The minimum Gasteiger partial charge on any atom is -0.275 e. The molecule has 0 aromatic rings. The molecule has 0 heterocycles. The number of nitrogens with two attached hydrogens (primary N) is 1. The van der Waals surface area contributed by atoms with Crippen molar-refractivity contribution in [3.63, 3.8) is 0 Å². The summed E-state index contributed by atoms with van der Waals surface area (Å²) in [4.78, 5) is 11.4. The van der Waals surface area contributed by atoms with Crippen LogP contribution in [0, 0.1) is 0 Å². The van der Waals surface area contributed by atoms with E-state index in [0.717, 1.165) is 0 Å². The number of nitrogens with one attached hydrogen (secondary N) is 2. The van der Waals surface area contributed by atoms with Crippen LogP contribution in [0.1, 0.15) is 0 Å². The monoisotopic (exact) mass is 109 g/mol. The van der Waals surface area contributed by atoms with Gasteiger partial charge in [0, 0.05) is 11.8 Å². The van der Waals surface area contributed by atoms with Gasteiger partial charge in [-0.3, -0.25) is 5.43 Å². The summed E-state index contributed by atoms with van der Waals surface area (Å²) in [5.41, 5.74) is 1.73. The fourth-order valence-electron chi connectivity index (χ4n) is 0.0273. The topological polar surface area (TPSA) is 67.1 Å². The number of rotatable bonds is 0. The van der Waals surface area contributed by atoms with Crippen molar-refractivity contribution in [2.75, 3.05) is 0 Å². The van der Waals surface area contributed by atoms with E-state index >= 15 is 0 Å². The zero-order chi connectivity index (χ0) is 4.99. The van der Waals surface area contributed by atoms with E-state index in [4.69, 9.17) is 11.8 Å². The molecule has 0 fully saturated rings. The van der Waals surface area contributed by atoms with Crippen LogP contribution in [0.4, 0.5) is 4.79 Å². The molecule has 0 saturated heterocycles. The van der Waals surface area contributed by atoms with Gasteiger partial charge in [-0.1, -0.05) is 0 Å². The number of hydrogen-bond acceptors (Lipinski definition) is 2. The van der Waals surface area contributed by atoms with Crippen LogP contribution < -0.4 is 16.1 Å². The van der Waals surface area contributed by atoms with Gasteiger partial charge in [-0.25, -0.2) is 15.5 Å². The van der Waals surface area contributed by atoms with Gasteiger partial charge >= 0.3 is 6.03 Å². The minimum absolute atomic E-state index is 0.614. The fourth-order valence-corrected chi connectivity index (χ4v) is 0.0818. The number of amides is 2. The number of halogens is 1. The highest BCUT2D eigenvalue weighted by molar-refractivity contribution is 6.21. The van der Waals surface area contributed by atoms with E-state index in [9.17, 15) is 4.79 Å². The molecule has 36 valence electrons. The summed E-state index contributed by atoms with van der Waals surface area (Å²) in [7, 11) is 0. The van der Waals surface area contributed by atoms with E-state index in [1.165, 1.54) is 0 Å². The van der Waals surface area contributed by atoms with Gasteiger partial charge in [0.1, 0.15) is 0 Å². The van der Waals surface area contributed by atoms with Crippen molar-refractivity contribution in [1.82, 2.24) is 10.3 Å². The lowest BCUT2D eigenvalue weighted by Crippen LogP contribution is -2.35. The maximum atomic E-state index is 9.70. The van der Waals surface area contributed by atoms with E-state index in [2.05, 4.69) is 5.84 Å². The molecule has 0 aliphatic rings. The maximum absolute atomic E-state index is 9.70. The van der Waals surface area contributed by atoms with Crippen molar-refractivity contribution in [1.29, 1.82) is 0 Å². The van der Waals surface area contributed by atoms with Crippen LogP contribution in [0.15, 0.2) is 0 Å². The van der Waals surface area contributed by atoms with Crippen LogP contribution in [0.5, 0.6) is 0 Å². The molecule has 0 aliphatic heterocycles. The zero-order valence-corrected chi connectivity index (χ0v) is 3.62. The number of carbonyl (C=O) groups excluding carboxylic acids is 1. The number of carbonyl (C=O) groups is 1. The molecule has 6 heavy (non-hydrogen) atoms. The lowest BCUT2D eigenvalue weighted by atomic mass is 11.2. The summed E-state index contributed by atoms with van der Waals surface area (Å²) in [5, 5.41) is 0. The molecule has 0 unspecified atom stereocenters. The third kappa shape index (κ3) is 1.80. The van der Waals surface area contributed by atoms with Crippen molar-refractivity contribution in [2.45, 2.75) is 0 Å². The van der Waals surface area contributed by atoms with Gasteiger partial charge in [0.25, 0.3) is 0 Å². The average molecular weight is 110 g/mol. The van der Waals surface area contributed by atoms with Crippen molar-refractivity contribution in [2.24, 2.45) is 5.84 Å². The van der Waals surface area contributed by atoms with Crippen LogP contribution in [-0.2, 0) is 0 Å². The van der Waals surface area contributed by atoms with Crippen LogP contribution in [0.3, 0.4) is 0 Å². The quantitative estimate of drug-likeness (QED) is 0.167. The SMILES string of the molecule is NNC(=O)NCl. The smallest absolute Gasteiger partial charge is 0.275 e. The highest BCUT2D eigenvalue weighted by Gasteiger charge is 1.84. The molecule has 0 spiro atoms. The van der Waals surface area contributed by atoms with Crippen molar-refractivity contribution < 1.29 is 4.79 Å². The Morgan fingerprint density at radius 3 is 2.33 bits per heavy atom. The lowest BCUT2D eigenvalue weighted by molar-refractivity contribution is 0.246. The van der Waals surface area contributed by atoms with Gasteiger partial charge in [-0.05, 0) is 0 Å². The van der Waals surface area contributed by atoms with Crippen LogP contribution >= 0.6 is 11.8 Å². The molecule has 0 aromatic heterocycles. The van der Waals surface area contributed by atoms with E-state index in [-0.39, 0.29) is 0 Å². The molecule has 2 amide bonds. The largest absolute Gasteiger partial charge is 0.343 e. The summed E-state index contributed by atoms with van der Waals surface area (Å²) in [6, 6.07) is -0.614. The Morgan fingerprint density at radius 1 is 1.83 bits per heavy atom. The lowest BCUT2D eigenvalue weighted by Gasteiger charge is -1.88. The average Bonchev–Trinajstić information content (AvgIpc) is 1.65. The van der Waals surface area contributed by atoms with Crippen molar-refractivity contribution in [3.05, 3.63) is 0 Å². The summed E-state index contributed by atoms with van der Waals surface area (Å²) in [6.45, 7) is 0. The molecule has 0 bridgehead atoms. The minimum atomic E-state index is -0.614. The molecular formula is CH4ClN3O. The highest BCUT2D eigenvalue weighted by Crippen LogP contribution is 1.58. The number of hydrazine groups is 1. The van der Waals surface area contributed by atoms with Crippen LogP contribution in [0.2, 0.25) is 0 Å². The Morgan fingerprint density at radius 2 is 2.33 bits per heavy atom. The third-order valence-corrected chi connectivity index (χ3v) is 0.389. The van der Waals surface area contributed by atoms with Gasteiger partial charge in [-0.15, -0.1) is 0 Å². The predicted octanol–water partition coefficient (Wildman–Crippen LogP) is -0.687. The summed E-state index contributed by atoms with van der Waals surface area (Å²) < 4.78 is 0. The number of hydrogen-bond donors (Lipinski definition) is 3. The Labute approximate surface area is 39.7 Å². The fraction of sp³-hybridized carbons (Fsp3) is 0. The second kappa shape index (κ2) is 2.74. The van der Waals surface area contributed by atoms with Crippen LogP contribution in [0.25, 0.3) is 0 Å². The Kier molecular flexibility index (Phi) is 2.52. The Hall–Kier alpha value is -0.480. The van der Waals surface area contributed by atoms with Gasteiger partial charge in [0.15, 0.2) is 0 Å². The molecule has 4 nitrogen and oxygen atoms in total. The summed E-state index contributed by atoms with van der Waals surface area (Å²) in [6.07, 6.45) is 0. The van der Waals surface area contributed by atoms with E-state index in [0.29, 0.717) is 0 Å². The molecule has 5 heteroatoms. The number of urea groups is 1. The summed E-state index contributed by atoms with van der Waals surface area (Å²) >= 11 is 4.71. The van der Waals surface area contributed by atoms with Gasteiger partial charge in [0.2, 0.25) is 0 Å². The predicted molar refractivity (Wildman–Crippen MR) is 21.7 cm³/mol. The molecule has 0 radical (unpaired) electrons. The molecule has 4 N–H and O–H groups in total. The Bertz CT molecular complexity index is 48.8. The first-order chi connectivity index (χ1) is 2.81. The normalized spacial score (nSPS) is 7.00. The van der Waals surface area contributed by atoms with E-state index in [1.807, 2.05) is 0 Å². The first-order valence-corrected chi connectivity index (χ1v) is 1.56. The van der Waals surface area contributed by atoms with Gasteiger partial charge in [-0.2, -0.15) is 0 Å². The van der Waals surface area contributed by atoms with E-state index < -0.39 is 6.03 Å². The molecule has 0 rings (SSSR count). The zero-order valence-electron chi connectivity index (χ0n) is 2.86. The molecule has 0 aliphatic carbocycles. The second-order valence-electron chi connectivity index (χ2n) is 0.568. The second-order valence-corrected chi connectivity index (χ2v) is 0.757. The third-order valence-electron chi connectivity index (χ3n) is 0.217. The summed E-state index contributed by atoms with van der Waals surface area (Å²) in [5.74, 6) is 4.54. The first-order valence-electron chi connectivity index (χ1n) is 1.18. The highest BCUT2D eigenvalue weighted by atomic mass is 35.5. The molecule has 0 aromatic carbocycles. The van der Waals surface area contributed by atoms with E-state index in [1.54, 1.807) is 10.3 Å². The van der Waals surface area contributed by atoms with Crippen molar-refractivity contribution in [3.8, 4) is 0 Å².